The second-order valence-electron chi connectivity index (χ2n) is 4.30. The summed E-state index contributed by atoms with van der Waals surface area (Å²) in [6.07, 6.45) is 1.03. The van der Waals surface area contributed by atoms with Crippen molar-refractivity contribution in [3.8, 4) is 0 Å². The lowest BCUT2D eigenvalue weighted by Crippen LogP contribution is -2.25. The molecule has 0 unspecified atom stereocenters. The Kier molecular flexibility index (Phi) is 8.12. The third-order valence-corrected chi connectivity index (χ3v) is 2.32. The van der Waals surface area contributed by atoms with Crippen LogP contribution in [-0.2, 0) is 0 Å². The number of hydrogen-bond acceptors (Lipinski definition) is 1. The maximum Gasteiger partial charge on any atom is 0.251 e. The van der Waals surface area contributed by atoms with Crippen LogP contribution < -0.4 is 5.32 Å². The molecule has 1 amide bonds. The van der Waals surface area contributed by atoms with Gasteiger partial charge in [0.1, 0.15) is 0 Å². The summed E-state index contributed by atoms with van der Waals surface area (Å²) in [7, 11) is 0. The third kappa shape index (κ3) is 6.77. The minimum absolute atomic E-state index is 0. The molecule has 1 N–H and O–H groups in total. The lowest BCUT2D eigenvalue weighted by atomic mass is 10.1. The highest BCUT2D eigenvalue weighted by molar-refractivity contribution is 5.94. The van der Waals surface area contributed by atoms with Crippen LogP contribution in [0.25, 0.3) is 0 Å². The van der Waals surface area contributed by atoms with Crippen LogP contribution in [0.2, 0.25) is 0 Å². The van der Waals surface area contributed by atoms with E-state index in [1.807, 2.05) is 45.0 Å². The number of nitrogens with one attached hydrogen (secondary N) is 1. The van der Waals surface area contributed by atoms with Crippen molar-refractivity contribution in [1.29, 1.82) is 0 Å². The number of carbonyl (C=O) groups excluding carboxylic acids is 1. The van der Waals surface area contributed by atoms with E-state index in [4.69, 9.17) is 0 Å². The first-order valence-corrected chi connectivity index (χ1v) is 6.44. The van der Waals surface area contributed by atoms with Crippen LogP contribution >= 0.6 is 0 Å². The van der Waals surface area contributed by atoms with Crippen molar-refractivity contribution < 1.29 is 6.22 Å². The number of benzene rings is 1. The van der Waals surface area contributed by atoms with Crippen LogP contribution in [0.4, 0.5) is 0 Å². The van der Waals surface area contributed by atoms with E-state index in [0.717, 1.165) is 18.5 Å². The molecule has 1 aromatic carbocycles. The molecule has 1 aromatic rings. The Morgan fingerprint density at radius 1 is 1.24 bits per heavy atom. The van der Waals surface area contributed by atoms with E-state index in [-0.39, 0.29) is 7.33 Å². The summed E-state index contributed by atoms with van der Waals surface area (Å²) in [5, 5.41) is 2.91. The average Bonchev–Trinajstić information content (AvgIpc) is 2.32. The van der Waals surface area contributed by atoms with Crippen LogP contribution in [-0.4, -0.2) is 12.5 Å². The van der Waals surface area contributed by atoms with Crippen LogP contribution in [0, 0.1) is 12.8 Å². The first-order valence-electron chi connectivity index (χ1n) is 6.44. The van der Waals surface area contributed by atoms with Gasteiger partial charge in [-0.3, -0.25) is 4.79 Å². The van der Waals surface area contributed by atoms with E-state index in [1.54, 1.807) is 0 Å². The molecule has 17 heavy (non-hydrogen) atoms. The van der Waals surface area contributed by atoms with Gasteiger partial charge in [0.2, 0.25) is 0 Å². The SMILES string of the molecule is CC.Cc1ccc(C(=O)NCCC(C)C)cc1.[HH]. The summed E-state index contributed by atoms with van der Waals surface area (Å²) in [5.74, 6) is 0.652. The highest BCUT2D eigenvalue weighted by Crippen LogP contribution is 2.03. The summed E-state index contributed by atoms with van der Waals surface area (Å²) in [6, 6.07) is 7.63. The number of amides is 1. The Labute approximate surface area is 107 Å². The van der Waals surface area contributed by atoms with E-state index in [9.17, 15) is 4.79 Å². The number of hydrogen-bond donors (Lipinski definition) is 1. The fraction of sp³-hybridized carbons (Fsp3) is 0.533. The zero-order valence-corrected chi connectivity index (χ0v) is 11.7. The molecule has 0 saturated carbocycles. The maximum atomic E-state index is 11.6. The van der Waals surface area contributed by atoms with Crippen LogP contribution in [0.1, 0.15) is 51.5 Å². The predicted octanol–water partition coefficient (Wildman–Crippen LogP) is 4.04. The molecule has 0 saturated heterocycles. The van der Waals surface area contributed by atoms with Gasteiger partial charge in [-0.15, -0.1) is 0 Å². The maximum absolute atomic E-state index is 11.6. The lowest BCUT2D eigenvalue weighted by molar-refractivity contribution is 0.0952. The summed E-state index contributed by atoms with van der Waals surface area (Å²) in [6.45, 7) is 11.1. The topological polar surface area (TPSA) is 29.1 Å². The molecular weight excluding hydrogens is 210 g/mol. The molecule has 0 radical (unpaired) electrons. The van der Waals surface area contributed by atoms with Gasteiger partial charge in [0.25, 0.3) is 5.91 Å². The van der Waals surface area contributed by atoms with Crippen LogP contribution in [0.3, 0.4) is 0 Å². The van der Waals surface area contributed by atoms with E-state index < -0.39 is 0 Å². The van der Waals surface area contributed by atoms with Gasteiger partial charge >= 0.3 is 0 Å². The Morgan fingerprint density at radius 2 is 1.76 bits per heavy atom. The molecule has 98 valence electrons. The van der Waals surface area contributed by atoms with Gasteiger partial charge in [0.05, 0.1) is 0 Å². The molecule has 1 rings (SSSR count). The summed E-state index contributed by atoms with van der Waals surface area (Å²) < 4.78 is 0. The van der Waals surface area contributed by atoms with Gasteiger partial charge in [-0.1, -0.05) is 45.4 Å². The fourth-order valence-electron chi connectivity index (χ4n) is 1.28. The first-order chi connectivity index (χ1) is 8.09. The molecule has 0 heterocycles. The van der Waals surface area contributed by atoms with E-state index in [1.165, 1.54) is 5.56 Å². The van der Waals surface area contributed by atoms with Crippen molar-refractivity contribution in [2.24, 2.45) is 5.92 Å². The highest BCUT2D eigenvalue weighted by atomic mass is 16.1. The second kappa shape index (κ2) is 8.80. The molecule has 2 nitrogen and oxygen atoms in total. The van der Waals surface area contributed by atoms with Gasteiger partial charge in [-0.2, -0.15) is 0 Å². The van der Waals surface area contributed by atoms with Crippen molar-refractivity contribution in [1.82, 2.24) is 5.32 Å². The molecule has 0 atom stereocenters. The normalized spacial score (nSPS) is 9.53. The quantitative estimate of drug-likeness (QED) is 0.841. The van der Waals surface area contributed by atoms with Crippen molar-refractivity contribution in [3.63, 3.8) is 0 Å². The first kappa shape index (κ1) is 15.7. The Balaban J connectivity index is 0. The van der Waals surface area contributed by atoms with Gasteiger partial charge in [-0.25, -0.2) is 0 Å². The van der Waals surface area contributed by atoms with Crippen molar-refractivity contribution in [3.05, 3.63) is 35.4 Å². The van der Waals surface area contributed by atoms with Crippen LogP contribution in [0.15, 0.2) is 24.3 Å². The van der Waals surface area contributed by atoms with Crippen molar-refractivity contribution >= 4 is 5.91 Å². The molecule has 0 aliphatic rings. The van der Waals surface area contributed by atoms with Crippen molar-refractivity contribution in [2.75, 3.05) is 6.54 Å². The molecule has 0 aliphatic heterocycles. The van der Waals surface area contributed by atoms with Crippen LogP contribution in [0.5, 0.6) is 0 Å². The summed E-state index contributed by atoms with van der Waals surface area (Å²) in [4.78, 5) is 11.6. The number of carbonyl (C=O) groups is 1. The van der Waals surface area contributed by atoms with Gasteiger partial charge in [-0.05, 0) is 31.4 Å². The minimum Gasteiger partial charge on any atom is -0.352 e. The molecule has 2 heteroatoms. The molecule has 0 spiro atoms. The zero-order chi connectivity index (χ0) is 13.3. The highest BCUT2D eigenvalue weighted by Gasteiger charge is 2.03. The van der Waals surface area contributed by atoms with Gasteiger partial charge < -0.3 is 5.32 Å². The summed E-state index contributed by atoms with van der Waals surface area (Å²) in [5.41, 5.74) is 1.91. The van der Waals surface area contributed by atoms with Gasteiger partial charge in [0, 0.05) is 13.5 Å². The van der Waals surface area contributed by atoms with E-state index in [2.05, 4.69) is 19.2 Å². The monoisotopic (exact) mass is 237 g/mol. The lowest BCUT2D eigenvalue weighted by Gasteiger charge is -2.07. The molecule has 0 aliphatic carbocycles. The smallest absolute Gasteiger partial charge is 0.251 e. The Bertz CT molecular complexity index is 320. The minimum atomic E-state index is 0. The molecular formula is C15H27NO. The van der Waals surface area contributed by atoms with E-state index >= 15 is 0 Å². The Hall–Kier alpha value is -1.31. The molecule has 0 fully saturated rings. The number of rotatable bonds is 4. The predicted molar refractivity (Wildman–Crippen MR) is 76.4 cm³/mol. The standard InChI is InChI=1S/C13H19NO.C2H6.H2/c1-10(2)8-9-14-13(15)12-6-4-11(3)5-7-12;1-2;/h4-7,10H,8-9H2,1-3H3,(H,14,15);1-2H3;1H. The second-order valence-corrected chi connectivity index (χ2v) is 4.30. The average molecular weight is 237 g/mol. The molecule has 0 aromatic heterocycles. The Morgan fingerprint density at radius 3 is 2.24 bits per heavy atom. The zero-order valence-electron chi connectivity index (χ0n) is 11.7. The molecule has 0 bridgehead atoms. The van der Waals surface area contributed by atoms with Gasteiger partial charge in [0.15, 0.2) is 0 Å². The van der Waals surface area contributed by atoms with E-state index in [0.29, 0.717) is 5.92 Å². The third-order valence-electron chi connectivity index (χ3n) is 2.32. The largest absolute Gasteiger partial charge is 0.352 e. The fourth-order valence-corrected chi connectivity index (χ4v) is 1.28. The number of aryl methyl sites for hydroxylation is 1. The van der Waals surface area contributed by atoms with Crippen molar-refractivity contribution in [2.45, 2.75) is 41.0 Å². The summed E-state index contributed by atoms with van der Waals surface area (Å²) >= 11 is 0.